The van der Waals surface area contributed by atoms with Gasteiger partial charge in [-0.25, -0.2) is 0 Å². The molecule has 0 aliphatic rings. The molecule has 1 heteroatoms. The maximum Gasteiger partial charge on any atom is 0.123 e. The van der Waals surface area contributed by atoms with Crippen molar-refractivity contribution >= 4 is 7.26 Å². The second-order valence-corrected chi connectivity index (χ2v) is 17.8. The molecule has 1 unspecified atom stereocenters. The fraction of sp³-hybridized carbons (Fsp3) is 0.902. The van der Waals surface area contributed by atoms with E-state index in [4.69, 9.17) is 6.42 Å². The van der Waals surface area contributed by atoms with Crippen molar-refractivity contribution in [3.05, 3.63) is 11.9 Å². The summed E-state index contributed by atoms with van der Waals surface area (Å²) in [5.41, 5.74) is 0. The molecule has 42 heavy (non-hydrogen) atoms. The lowest BCUT2D eigenvalue weighted by atomic mass is 10.0. The third-order valence-corrected chi connectivity index (χ3v) is 13.8. The van der Waals surface area contributed by atoms with E-state index in [1.54, 1.807) is 0 Å². The maximum atomic E-state index is 5.86. The van der Waals surface area contributed by atoms with Crippen LogP contribution >= 0.6 is 7.26 Å². The van der Waals surface area contributed by atoms with Crippen LogP contribution in [0.25, 0.3) is 0 Å². The Morgan fingerprint density at radius 3 is 1.05 bits per heavy atom. The predicted molar refractivity (Wildman–Crippen MR) is 200 cm³/mol. The molecule has 0 aliphatic carbocycles. The number of hydrogen-bond acceptors (Lipinski definition) is 0. The third-order valence-electron chi connectivity index (χ3n) is 9.64. The van der Waals surface area contributed by atoms with Gasteiger partial charge in [-0.15, -0.1) is 6.42 Å². The number of hydrogen-bond donors (Lipinski definition) is 0. The molecule has 0 nitrogen and oxygen atoms in total. The van der Waals surface area contributed by atoms with Gasteiger partial charge in [0.15, 0.2) is 0 Å². The largest absolute Gasteiger partial charge is 0.123 e. The van der Waals surface area contributed by atoms with Gasteiger partial charge in [-0.05, 0) is 38.7 Å². The molecule has 0 aliphatic heterocycles. The van der Waals surface area contributed by atoms with Crippen LogP contribution in [0.15, 0.2) is 11.9 Å². The molecule has 0 aromatic rings. The van der Waals surface area contributed by atoms with Crippen molar-refractivity contribution in [1.82, 2.24) is 0 Å². The average Bonchev–Trinajstić information content (AvgIpc) is 3.00. The fourth-order valence-electron chi connectivity index (χ4n) is 6.49. The number of rotatable bonds is 35. The molecular formula is C41H80P+. The van der Waals surface area contributed by atoms with E-state index in [1.807, 2.05) is 0 Å². The zero-order valence-corrected chi connectivity index (χ0v) is 30.6. The molecular weight excluding hydrogens is 523 g/mol. The number of terminal acetylenes is 1. The molecule has 0 saturated heterocycles. The Hall–Kier alpha value is -0.270. The van der Waals surface area contributed by atoms with Crippen LogP contribution in [-0.2, 0) is 0 Å². The van der Waals surface area contributed by atoms with Crippen LogP contribution in [0, 0.1) is 12.3 Å². The maximum absolute atomic E-state index is 5.86. The lowest BCUT2D eigenvalue weighted by Gasteiger charge is -2.20. The van der Waals surface area contributed by atoms with Crippen molar-refractivity contribution < 1.29 is 0 Å². The zero-order valence-electron chi connectivity index (χ0n) is 29.7. The molecule has 1 atom stereocenters. The van der Waals surface area contributed by atoms with Crippen molar-refractivity contribution in [2.24, 2.45) is 0 Å². The lowest BCUT2D eigenvalue weighted by molar-refractivity contribution is 0.531. The molecule has 0 amide bonds. The van der Waals surface area contributed by atoms with Gasteiger partial charge >= 0.3 is 0 Å². The summed E-state index contributed by atoms with van der Waals surface area (Å²) in [4.78, 5) is 0. The summed E-state index contributed by atoms with van der Waals surface area (Å²) in [6.45, 7) is 7.01. The van der Waals surface area contributed by atoms with Crippen LogP contribution in [0.3, 0.4) is 0 Å². The van der Waals surface area contributed by atoms with Gasteiger partial charge in [0.05, 0.1) is 25.4 Å². The van der Waals surface area contributed by atoms with Gasteiger partial charge in [-0.3, -0.25) is 0 Å². The van der Waals surface area contributed by atoms with Crippen LogP contribution in [-0.4, -0.2) is 18.5 Å². The summed E-state index contributed by atoms with van der Waals surface area (Å²) in [5, 5.41) is 0. The quantitative estimate of drug-likeness (QED) is 0.0384. The molecule has 0 aromatic heterocycles. The van der Waals surface area contributed by atoms with Crippen LogP contribution in [0.1, 0.15) is 220 Å². The molecule has 0 heterocycles. The first kappa shape index (κ1) is 41.7. The Morgan fingerprint density at radius 1 is 0.429 bits per heavy atom. The molecule has 0 radical (unpaired) electrons. The predicted octanol–water partition coefficient (Wildman–Crippen LogP) is 15.3. The van der Waals surface area contributed by atoms with Crippen molar-refractivity contribution in [2.75, 3.05) is 18.5 Å². The Labute approximate surface area is 269 Å². The van der Waals surface area contributed by atoms with Crippen molar-refractivity contribution in [3.63, 3.8) is 0 Å². The third kappa shape index (κ3) is 29.8. The monoisotopic (exact) mass is 604 g/mol. The van der Waals surface area contributed by atoms with E-state index in [-0.39, 0.29) is 0 Å². The van der Waals surface area contributed by atoms with Crippen molar-refractivity contribution in [3.8, 4) is 12.3 Å². The standard InChI is InChI=1S/C41H80P/c1-5-9-11-13-15-17-19-21-23-25-27-29-31-33-35-37-40-42(8-4,39-7-3)41-38-36-34-32-30-28-26-24-22-20-18-16-14-12-10-6-2/h3,37,40H,5-6,8-36,38-39,41H2,1-2,4H3/q+1. The van der Waals surface area contributed by atoms with E-state index in [9.17, 15) is 0 Å². The molecule has 0 bridgehead atoms. The SMILES string of the molecule is C#CC[P+](C=CCCCCCCCCCCCCCCCC)(CC)CCCCCCCCCCCCCCCCCC. The van der Waals surface area contributed by atoms with Gasteiger partial charge in [0, 0.05) is 0 Å². The molecule has 248 valence electrons. The summed E-state index contributed by atoms with van der Waals surface area (Å²) in [6, 6.07) is 0. The smallest absolute Gasteiger partial charge is 0.116 e. The van der Waals surface area contributed by atoms with Crippen LogP contribution in [0.2, 0.25) is 0 Å². The molecule has 0 spiro atoms. The molecule has 0 fully saturated rings. The first-order valence-electron chi connectivity index (χ1n) is 19.7. The first-order chi connectivity index (χ1) is 20.7. The highest BCUT2D eigenvalue weighted by Crippen LogP contribution is 2.60. The van der Waals surface area contributed by atoms with Crippen LogP contribution < -0.4 is 0 Å². The highest BCUT2D eigenvalue weighted by atomic mass is 31.2. The van der Waals surface area contributed by atoms with Gasteiger partial charge in [-0.2, -0.15) is 0 Å². The Balaban J connectivity index is 3.70. The molecule has 0 aromatic carbocycles. The Morgan fingerprint density at radius 2 is 0.738 bits per heavy atom. The summed E-state index contributed by atoms with van der Waals surface area (Å²) in [6.07, 6.45) is 56.7. The minimum atomic E-state index is -1.07. The van der Waals surface area contributed by atoms with E-state index >= 15 is 0 Å². The van der Waals surface area contributed by atoms with Gasteiger partial charge in [0.1, 0.15) is 6.16 Å². The summed E-state index contributed by atoms with van der Waals surface area (Å²) < 4.78 is 0. The van der Waals surface area contributed by atoms with Gasteiger partial charge in [0.25, 0.3) is 0 Å². The Kier molecular flexibility index (Phi) is 35.0. The van der Waals surface area contributed by atoms with E-state index < -0.39 is 7.26 Å². The van der Waals surface area contributed by atoms with Crippen LogP contribution in [0.4, 0.5) is 0 Å². The number of allylic oxidation sites excluding steroid dienone is 1. The lowest BCUT2D eigenvalue weighted by Crippen LogP contribution is -2.03. The Bertz CT molecular complexity index is 572. The average molecular weight is 604 g/mol. The van der Waals surface area contributed by atoms with Gasteiger partial charge in [0.2, 0.25) is 0 Å². The van der Waals surface area contributed by atoms with Crippen molar-refractivity contribution in [1.29, 1.82) is 0 Å². The minimum Gasteiger partial charge on any atom is -0.116 e. The summed E-state index contributed by atoms with van der Waals surface area (Å²) >= 11 is 0. The van der Waals surface area contributed by atoms with E-state index in [0.717, 1.165) is 6.16 Å². The minimum absolute atomic E-state index is 1.03. The summed E-state index contributed by atoms with van der Waals surface area (Å²) in [7, 11) is -1.07. The highest BCUT2D eigenvalue weighted by molar-refractivity contribution is 7.79. The fourth-order valence-corrected chi connectivity index (χ4v) is 9.47. The van der Waals surface area contributed by atoms with Gasteiger partial charge < -0.3 is 0 Å². The molecule has 0 rings (SSSR count). The molecule has 0 N–H and O–H groups in total. The summed E-state index contributed by atoms with van der Waals surface area (Å²) in [5.74, 6) is 5.71. The highest BCUT2D eigenvalue weighted by Gasteiger charge is 2.30. The molecule has 0 saturated carbocycles. The van der Waals surface area contributed by atoms with Crippen LogP contribution in [0.5, 0.6) is 0 Å². The first-order valence-corrected chi connectivity index (χ1v) is 22.1. The second kappa shape index (κ2) is 35.2. The zero-order chi connectivity index (χ0) is 30.7. The topological polar surface area (TPSA) is 0 Å². The second-order valence-electron chi connectivity index (χ2n) is 13.7. The number of unbranched alkanes of at least 4 members (excludes halogenated alkanes) is 29. The van der Waals surface area contributed by atoms with E-state index in [0.29, 0.717) is 0 Å². The normalized spacial score (nSPS) is 13.1. The van der Waals surface area contributed by atoms with Gasteiger partial charge in [-0.1, -0.05) is 193 Å². The van der Waals surface area contributed by atoms with E-state index in [2.05, 4.69) is 38.6 Å². The van der Waals surface area contributed by atoms with E-state index in [1.165, 1.54) is 211 Å². The van der Waals surface area contributed by atoms with Crippen molar-refractivity contribution in [2.45, 2.75) is 220 Å².